The summed E-state index contributed by atoms with van der Waals surface area (Å²) in [6.07, 6.45) is 3.85. The molecule has 3 rings (SSSR count). The predicted octanol–water partition coefficient (Wildman–Crippen LogP) is 2.87. The first-order chi connectivity index (χ1) is 7.45. The summed E-state index contributed by atoms with van der Waals surface area (Å²) in [4.78, 5) is 9.76. The molecule has 0 fully saturated rings. The minimum absolute atomic E-state index is 0.817. The number of aliphatic imine (C=N–C) groups is 1. The molecule has 0 bridgehead atoms. The van der Waals surface area contributed by atoms with E-state index in [9.17, 15) is 0 Å². The number of hydrogen-bond acceptors (Lipinski definition) is 2. The number of aromatic nitrogens is 1. The molecule has 15 heavy (non-hydrogen) atoms. The van der Waals surface area contributed by atoms with Gasteiger partial charge in [0.15, 0.2) is 0 Å². The highest BCUT2D eigenvalue weighted by atomic mass is 15.2. The van der Waals surface area contributed by atoms with Crippen LogP contribution in [0.2, 0.25) is 0 Å². The molecule has 1 N–H and O–H groups in total. The third-order valence-corrected chi connectivity index (χ3v) is 2.54. The van der Waals surface area contributed by atoms with E-state index >= 15 is 0 Å². The summed E-state index contributed by atoms with van der Waals surface area (Å²) in [5.74, 6) is 1.07. The molecule has 3 nitrogen and oxygen atoms in total. The minimum atomic E-state index is 0.817. The second-order valence-corrected chi connectivity index (χ2v) is 3.47. The number of rotatable bonds is 1. The molecule has 0 radical (unpaired) electrons. The first-order valence-corrected chi connectivity index (χ1v) is 4.97. The van der Waals surface area contributed by atoms with Gasteiger partial charge in [-0.25, -0.2) is 0 Å². The lowest BCUT2D eigenvalue weighted by Crippen LogP contribution is -2.21. The molecule has 0 unspecified atom stereocenters. The fraction of sp³-hybridized carbons (Fsp3) is 0.0833. The van der Waals surface area contributed by atoms with Crippen LogP contribution < -0.4 is 4.90 Å². The van der Waals surface area contributed by atoms with Crippen molar-refractivity contribution in [3.8, 4) is 0 Å². The van der Waals surface area contributed by atoms with Crippen LogP contribution in [-0.2, 0) is 0 Å². The topological polar surface area (TPSA) is 31.4 Å². The van der Waals surface area contributed by atoms with Crippen LogP contribution >= 0.6 is 0 Å². The van der Waals surface area contributed by atoms with E-state index in [4.69, 9.17) is 0 Å². The molecule has 1 aromatic carbocycles. The quantitative estimate of drug-likeness (QED) is 0.748. The van der Waals surface area contributed by atoms with Crippen molar-refractivity contribution in [2.45, 2.75) is 0 Å². The van der Waals surface area contributed by atoms with Gasteiger partial charge in [0.1, 0.15) is 11.5 Å². The number of nitrogens with one attached hydrogen (secondary N) is 1. The fourth-order valence-electron chi connectivity index (χ4n) is 1.83. The maximum absolute atomic E-state index is 4.33. The van der Waals surface area contributed by atoms with Crippen molar-refractivity contribution in [2.24, 2.45) is 4.99 Å². The van der Waals surface area contributed by atoms with Crippen LogP contribution in [0.4, 0.5) is 17.2 Å². The average Bonchev–Trinajstić information content (AvgIpc) is 2.78. The first kappa shape index (κ1) is 8.29. The zero-order chi connectivity index (χ0) is 10.1. The second-order valence-electron chi connectivity index (χ2n) is 3.47. The Kier molecular flexibility index (Phi) is 1.81. The third kappa shape index (κ3) is 1.32. The molecule has 1 aliphatic heterocycles. The van der Waals surface area contributed by atoms with Gasteiger partial charge < -0.3 is 9.88 Å². The maximum atomic E-state index is 4.33. The normalized spacial score (nSPS) is 14.0. The number of aromatic amines is 1. The van der Waals surface area contributed by atoms with Gasteiger partial charge in [0.2, 0.25) is 0 Å². The minimum Gasteiger partial charge on any atom is -0.346 e. The molecule has 74 valence electrons. The number of para-hydroxylation sites is 1. The monoisotopic (exact) mass is 197 g/mol. The van der Waals surface area contributed by atoms with Gasteiger partial charge >= 0.3 is 0 Å². The standard InChI is InChI=1S/C12H11N3/c1-2-4-10(5-3-1)15-9-8-13-11-6-7-14-12(11)15/h1-8,14H,9H2. The van der Waals surface area contributed by atoms with Crippen LogP contribution in [-0.4, -0.2) is 17.7 Å². The van der Waals surface area contributed by atoms with Crippen molar-refractivity contribution in [1.29, 1.82) is 0 Å². The highest BCUT2D eigenvalue weighted by Crippen LogP contribution is 2.33. The van der Waals surface area contributed by atoms with Gasteiger partial charge in [0.05, 0.1) is 6.54 Å². The van der Waals surface area contributed by atoms with Crippen molar-refractivity contribution in [3.63, 3.8) is 0 Å². The van der Waals surface area contributed by atoms with Gasteiger partial charge in [-0.15, -0.1) is 0 Å². The van der Waals surface area contributed by atoms with Gasteiger partial charge in [-0.2, -0.15) is 0 Å². The molecule has 0 aliphatic carbocycles. The maximum Gasteiger partial charge on any atom is 0.137 e. The van der Waals surface area contributed by atoms with E-state index in [0.717, 1.165) is 18.1 Å². The Morgan fingerprint density at radius 2 is 2.00 bits per heavy atom. The summed E-state index contributed by atoms with van der Waals surface area (Å²) < 4.78 is 0. The van der Waals surface area contributed by atoms with Gasteiger partial charge in [0, 0.05) is 18.1 Å². The Morgan fingerprint density at radius 1 is 1.13 bits per heavy atom. The van der Waals surface area contributed by atoms with E-state index in [1.807, 2.05) is 36.7 Å². The van der Waals surface area contributed by atoms with Crippen LogP contribution in [0, 0.1) is 0 Å². The smallest absolute Gasteiger partial charge is 0.137 e. The highest BCUT2D eigenvalue weighted by Gasteiger charge is 2.15. The van der Waals surface area contributed by atoms with Crippen molar-refractivity contribution in [1.82, 2.24) is 4.98 Å². The summed E-state index contributed by atoms with van der Waals surface area (Å²) >= 11 is 0. The van der Waals surface area contributed by atoms with Crippen LogP contribution in [0.3, 0.4) is 0 Å². The molecule has 0 saturated heterocycles. The molecule has 1 aliphatic rings. The van der Waals surface area contributed by atoms with Gasteiger partial charge in [-0.1, -0.05) is 18.2 Å². The fourth-order valence-corrected chi connectivity index (χ4v) is 1.83. The van der Waals surface area contributed by atoms with E-state index in [-0.39, 0.29) is 0 Å². The third-order valence-electron chi connectivity index (χ3n) is 2.54. The predicted molar refractivity (Wildman–Crippen MR) is 62.4 cm³/mol. The molecular weight excluding hydrogens is 186 g/mol. The number of nitrogens with zero attached hydrogens (tertiary/aromatic N) is 2. The Bertz CT molecular complexity index is 485. The Morgan fingerprint density at radius 3 is 2.87 bits per heavy atom. The largest absolute Gasteiger partial charge is 0.346 e. The van der Waals surface area contributed by atoms with Crippen molar-refractivity contribution >= 4 is 23.4 Å². The Balaban J connectivity index is 2.07. The Hall–Kier alpha value is -2.03. The van der Waals surface area contributed by atoms with Crippen molar-refractivity contribution in [3.05, 3.63) is 42.6 Å². The van der Waals surface area contributed by atoms with E-state index in [0.29, 0.717) is 0 Å². The van der Waals surface area contributed by atoms with Gasteiger partial charge in [0.25, 0.3) is 0 Å². The zero-order valence-corrected chi connectivity index (χ0v) is 8.22. The summed E-state index contributed by atoms with van der Waals surface area (Å²) in [7, 11) is 0. The molecule has 3 heteroatoms. The number of H-pyrrole nitrogens is 1. The highest BCUT2D eigenvalue weighted by molar-refractivity contribution is 5.84. The number of benzene rings is 1. The number of fused-ring (bicyclic) bond motifs is 1. The Labute approximate surface area is 88.1 Å². The molecule has 2 aromatic rings. The first-order valence-electron chi connectivity index (χ1n) is 4.97. The summed E-state index contributed by atoms with van der Waals surface area (Å²) in [6.45, 7) is 0.817. The molecule has 0 saturated carbocycles. The summed E-state index contributed by atoms with van der Waals surface area (Å²) in [6, 6.07) is 12.3. The molecule has 0 spiro atoms. The lowest BCUT2D eigenvalue weighted by atomic mass is 10.2. The molecular formula is C12H11N3. The lowest BCUT2D eigenvalue weighted by Gasteiger charge is -2.24. The average molecular weight is 197 g/mol. The molecule has 0 amide bonds. The number of anilines is 2. The summed E-state index contributed by atoms with van der Waals surface area (Å²) in [5.41, 5.74) is 2.19. The van der Waals surface area contributed by atoms with E-state index in [1.165, 1.54) is 5.69 Å². The van der Waals surface area contributed by atoms with E-state index in [1.54, 1.807) is 0 Å². The van der Waals surface area contributed by atoms with Crippen molar-refractivity contribution < 1.29 is 0 Å². The SMILES string of the molecule is C1=Nc2cc[nH]c2N(c2ccccc2)C1. The van der Waals surface area contributed by atoms with Crippen LogP contribution in [0.15, 0.2) is 47.6 Å². The van der Waals surface area contributed by atoms with Gasteiger partial charge in [-0.05, 0) is 18.2 Å². The molecule has 2 heterocycles. The van der Waals surface area contributed by atoms with Crippen molar-refractivity contribution in [2.75, 3.05) is 11.4 Å². The molecule has 1 aromatic heterocycles. The van der Waals surface area contributed by atoms with Crippen LogP contribution in [0.1, 0.15) is 0 Å². The zero-order valence-electron chi connectivity index (χ0n) is 8.22. The molecule has 0 atom stereocenters. The second kappa shape index (κ2) is 3.28. The van der Waals surface area contributed by atoms with E-state index < -0.39 is 0 Å². The van der Waals surface area contributed by atoms with Crippen LogP contribution in [0.25, 0.3) is 0 Å². The lowest BCUT2D eigenvalue weighted by molar-refractivity contribution is 1.08. The summed E-state index contributed by atoms with van der Waals surface area (Å²) in [5, 5.41) is 0. The van der Waals surface area contributed by atoms with E-state index in [2.05, 4.69) is 27.0 Å². The van der Waals surface area contributed by atoms with Crippen LogP contribution in [0.5, 0.6) is 0 Å². The number of hydrogen-bond donors (Lipinski definition) is 1. The van der Waals surface area contributed by atoms with Gasteiger partial charge in [-0.3, -0.25) is 4.99 Å².